The fourth-order valence-corrected chi connectivity index (χ4v) is 2.76. The Morgan fingerprint density at radius 2 is 1.87 bits per heavy atom. The maximum absolute atomic E-state index is 6.07. The van der Waals surface area contributed by atoms with Crippen LogP contribution in [0.25, 0.3) is 0 Å². The molecule has 0 spiro atoms. The third kappa shape index (κ3) is 4.32. The van der Waals surface area contributed by atoms with Gasteiger partial charge in [-0.15, -0.1) is 0 Å². The molecule has 23 heavy (non-hydrogen) atoms. The van der Waals surface area contributed by atoms with E-state index in [2.05, 4.69) is 66.5 Å². The normalized spacial score (nSPS) is 17.0. The van der Waals surface area contributed by atoms with Gasteiger partial charge in [-0.3, -0.25) is 4.99 Å². The van der Waals surface area contributed by atoms with Crippen molar-refractivity contribution in [2.24, 2.45) is 4.99 Å². The van der Waals surface area contributed by atoms with Crippen molar-refractivity contribution in [1.29, 1.82) is 0 Å². The molecule has 1 aliphatic rings. The van der Waals surface area contributed by atoms with E-state index in [9.17, 15) is 0 Å². The highest BCUT2D eigenvalue weighted by Gasteiger charge is 2.14. The Hall–Kier alpha value is -2.35. The van der Waals surface area contributed by atoms with Crippen molar-refractivity contribution in [3.63, 3.8) is 0 Å². The lowest BCUT2D eigenvalue weighted by Gasteiger charge is -2.16. The van der Waals surface area contributed by atoms with Crippen LogP contribution < -0.4 is 4.74 Å². The molecule has 1 unspecified atom stereocenters. The molecular formula is C21H23NO. The molecule has 2 aromatic carbocycles. The number of ether oxygens (including phenoxy) is 1. The van der Waals surface area contributed by atoms with Gasteiger partial charge in [0, 0.05) is 24.6 Å². The van der Waals surface area contributed by atoms with Gasteiger partial charge in [0.1, 0.15) is 5.75 Å². The maximum Gasteiger partial charge on any atom is 0.124 e. The van der Waals surface area contributed by atoms with Crippen LogP contribution in [-0.2, 0) is 6.42 Å². The SMILES string of the molecule is Cc1ccc(CCOc2ccccc2C2CC=CCC=N2)cc1. The second-order valence-electron chi connectivity index (χ2n) is 5.91. The Morgan fingerprint density at radius 3 is 2.74 bits per heavy atom. The number of nitrogens with zero attached hydrogens (tertiary/aromatic N) is 1. The van der Waals surface area contributed by atoms with Crippen LogP contribution in [0.5, 0.6) is 5.75 Å². The molecule has 0 N–H and O–H groups in total. The number of hydrogen-bond donors (Lipinski definition) is 0. The number of para-hydroxylation sites is 1. The number of rotatable bonds is 5. The van der Waals surface area contributed by atoms with Gasteiger partial charge in [0.15, 0.2) is 0 Å². The Labute approximate surface area is 138 Å². The summed E-state index contributed by atoms with van der Waals surface area (Å²) in [7, 11) is 0. The van der Waals surface area contributed by atoms with Gasteiger partial charge in [0.05, 0.1) is 12.6 Å². The van der Waals surface area contributed by atoms with Gasteiger partial charge < -0.3 is 4.74 Å². The second kappa shape index (κ2) is 7.77. The van der Waals surface area contributed by atoms with Crippen molar-refractivity contribution in [1.82, 2.24) is 0 Å². The molecule has 3 rings (SSSR count). The highest BCUT2D eigenvalue weighted by Crippen LogP contribution is 2.31. The molecule has 1 aliphatic heterocycles. The molecule has 118 valence electrons. The fourth-order valence-electron chi connectivity index (χ4n) is 2.76. The topological polar surface area (TPSA) is 21.6 Å². The van der Waals surface area contributed by atoms with Crippen LogP contribution in [0.4, 0.5) is 0 Å². The van der Waals surface area contributed by atoms with Gasteiger partial charge in [-0.25, -0.2) is 0 Å². The molecule has 0 fully saturated rings. The van der Waals surface area contributed by atoms with E-state index >= 15 is 0 Å². The van der Waals surface area contributed by atoms with Crippen LogP contribution in [0.1, 0.15) is 35.6 Å². The first kappa shape index (κ1) is 15.5. The van der Waals surface area contributed by atoms with Crippen LogP contribution in [0.3, 0.4) is 0 Å². The summed E-state index contributed by atoms with van der Waals surface area (Å²) in [6, 6.07) is 17.1. The minimum absolute atomic E-state index is 0.171. The number of benzene rings is 2. The quantitative estimate of drug-likeness (QED) is 0.706. The van der Waals surface area contributed by atoms with Crippen molar-refractivity contribution in [2.75, 3.05) is 6.61 Å². The van der Waals surface area contributed by atoms with Gasteiger partial charge in [0.2, 0.25) is 0 Å². The Balaban J connectivity index is 1.65. The summed E-state index contributed by atoms with van der Waals surface area (Å²) in [4.78, 5) is 4.66. The molecule has 0 saturated heterocycles. The van der Waals surface area contributed by atoms with E-state index in [1.54, 1.807) is 0 Å². The Kier molecular flexibility index (Phi) is 5.25. The average Bonchev–Trinajstić information content (AvgIpc) is 2.86. The van der Waals surface area contributed by atoms with Crippen molar-refractivity contribution in [3.8, 4) is 5.75 Å². The molecule has 0 aliphatic carbocycles. The monoisotopic (exact) mass is 305 g/mol. The second-order valence-corrected chi connectivity index (χ2v) is 5.91. The molecule has 0 bridgehead atoms. The molecule has 0 aromatic heterocycles. The smallest absolute Gasteiger partial charge is 0.124 e. The highest BCUT2D eigenvalue weighted by molar-refractivity contribution is 5.61. The predicted molar refractivity (Wildman–Crippen MR) is 96.4 cm³/mol. The van der Waals surface area contributed by atoms with Gasteiger partial charge in [-0.05, 0) is 25.0 Å². The number of hydrogen-bond acceptors (Lipinski definition) is 2. The summed E-state index contributed by atoms with van der Waals surface area (Å²) in [5.74, 6) is 0.956. The van der Waals surface area contributed by atoms with Gasteiger partial charge in [0.25, 0.3) is 0 Å². The third-order valence-electron chi connectivity index (χ3n) is 4.10. The van der Waals surface area contributed by atoms with Crippen molar-refractivity contribution in [2.45, 2.75) is 32.2 Å². The Bertz CT molecular complexity index is 685. The van der Waals surface area contributed by atoms with Crippen LogP contribution in [0.15, 0.2) is 65.7 Å². The number of allylic oxidation sites excluding steroid dienone is 1. The van der Waals surface area contributed by atoms with Crippen molar-refractivity contribution >= 4 is 6.21 Å². The highest BCUT2D eigenvalue weighted by atomic mass is 16.5. The van der Waals surface area contributed by atoms with E-state index in [1.807, 2.05) is 12.3 Å². The van der Waals surface area contributed by atoms with E-state index in [0.717, 1.165) is 25.0 Å². The lowest BCUT2D eigenvalue weighted by Crippen LogP contribution is -2.05. The summed E-state index contributed by atoms with van der Waals surface area (Å²) >= 11 is 0. The predicted octanol–water partition coefficient (Wildman–Crippen LogP) is 5.08. The van der Waals surface area contributed by atoms with E-state index in [-0.39, 0.29) is 6.04 Å². The maximum atomic E-state index is 6.07. The summed E-state index contributed by atoms with van der Waals surface area (Å²) in [5.41, 5.74) is 3.78. The summed E-state index contributed by atoms with van der Waals surface area (Å²) in [5, 5.41) is 0. The standard InChI is InChI=1S/C21H23NO/c1-17-10-12-18(13-11-17)14-16-23-21-9-5-4-7-19(21)20-8-3-2-6-15-22-20/h2-5,7,9-13,15,20H,6,8,14,16H2,1H3. The molecule has 0 radical (unpaired) electrons. The van der Waals surface area contributed by atoms with Crippen LogP contribution in [0.2, 0.25) is 0 Å². The minimum Gasteiger partial charge on any atom is -0.493 e. The summed E-state index contributed by atoms with van der Waals surface area (Å²) in [6.07, 6.45) is 9.16. The largest absolute Gasteiger partial charge is 0.493 e. The van der Waals surface area contributed by atoms with Crippen molar-refractivity contribution in [3.05, 3.63) is 77.4 Å². The summed E-state index contributed by atoms with van der Waals surface area (Å²) < 4.78 is 6.07. The van der Waals surface area contributed by atoms with E-state index < -0.39 is 0 Å². The summed E-state index contributed by atoms with van der Waals surface area (Å²) in [6.45, 7) is 2.80. The first-order valence-electron chi connectivity index (χ1n) is 8.27. The van der Waals surface area contributed by atoms with Crippen LogP contribution in [-0.4, -0.2) is 12.8 Å². The fraction of sp³-hybridized carbons (Fsp3) is 0.286. The minimum atomic E-state index is 0.171. The molecule has 1 atom stereocenters. The van der Waals surface area contributed by atoms with E-state index in [4.69, 9.17) is 4.74 Å². The first-order chi connectivity index (χ1) is 11.3. The third-order valence-corrected chi connectivity index (χ3v) is 4.10. The zero-order valence-electron chi connectivity index (χ0n) is 13.6. The van der Waals surface area contributed by atoms with E-state index in [0.29, 0.717) is 6.61 Å². The molecule has 2 nitrogen and oxygen atoms in total. The molecule has 2 aromatic rings. The van der Waals surface area contributed by atoms with Gasteiger partial charge in [-0.1, -0.05) is 60.2 Å². The molecular weight excluding hydrogens is 282 g/mol. The number of aryl methyl sites for hydroxylation is 1. The van der Waals surface area contributed by atoms with Crippen LogP contribution >= 0.6 is 0 Å². The zero-order chi connectivity index (χ0) is 15.9. The zero-order valence-corrected chi connectivity index (χ0v) is 13.6. The first-order valence-corrected chi connectivity index (χ1v) is 8.27. The van der Waals surface area contributed by atoms with Gasteiger partial charge in [-0.2, -0.15) is 0 Å². The molecule has 0 saturated carbocycles. The lowest BCUT2D eigenvalue weighted by molar-refractivity contribution is 0.316. The van der Waals surface area contributed by atoms with E-state index in [1.165, 1.54) is 16.7 Å². The lowest BCUT2D eigenvalue weighted by atomic mass is 10.0. The van der Waals surface area contributed by atoms with Crippen molar-refractivity contribution < 1.29 is 4.74 Å². The van der Waals surface area contributed by atoms with Crippen LogP contribution in [0, 0.1) is 6.92 Å². The molecule has 2 heteroatoms. The Morgan fingerprint density at radius 1 is 1.04 bits per heavy atom. The molecule has 1 heterocycles. The number of aliphatic imine (C=N–C) groups is 1. The average molecular weight is 305 g/mol. The van der Waals surface area contributed by atoms with Gasteiger partial charge >= 0.3 is 0 Å². The molecule has 0 amide bonds.